The van der Waals surface area contributed by atoms with Gasteiger partial charge in [0.05, 0.1) is 0 Å². The molecule has 0 aliphatic heterocycles. The van der Waals surface area contributed by atoms with Crippen LogP contribution in [0.2, 0.25) is 0 Å². The standard InChI is InChI=1S/C15H10N.C11H8N.C9H6NS.2Ir/c1-2-7-13(8-3-1)15-14-9-5-4-6-12(14)10-11-16-15;1-2-6-10(7-3-1)11-8-4-5-9-12-11;1-2-6-10-8(4-1)9-5-3-7-11-9;;/h1-7,9-11H;1-6,8-9H;1-4,6-7H;;/q3*-1;;. The normalized spacial score (nSPS) is 9.56. The smallest absolute Gasteiger partial charge is 0.0167 e. The Morgan fingerprint density at radius 2 is 1.12 bits per heavy atom. The molecule has 0 aliphatic rings. The van der Waals surface area contributed by atoms with E-state index in [0.717, 1.165) is 33.1 Å². The van der Waals surface area contributed by atoms with Crippen molar-refractivity contribution in [3.63, 3.8) is 0 Å². The summed E-state index contributed by atoms with van der Waals surface area (Å²) in [7, 11) is 0. The first-order valence-electron chi connectivity index (χ1n) is 12.4. The molecule has 0 aliphatic carbocycles. The summed E-state index contributed by atoms with van der Waals surface area (Å²) in [5.74, 6) is 0. The van der Waals surface area contributed by atoms with Gasteiger partial charge in [0.15, 0.2) is 0 Å². The van der Waals surface area contributed by atoms with E-state index in [1.54, 1.807) is 23.7 Å². The first-order chi connectivity index (χ1) is 19.4. The molecule has 3 aromatic carbocycles. The van der Waals surface area contributed by atoms with Crippen LogP contribution in [-0.4, -0.2) is 15.0 Å². The molecular formula is C35H24Ir2N3S-3. The van der Waals surface area contributed by atoms with Crippen molar-refractivity contribution in [1.29, 1.82) is 0 Å². The number of pyridine rings is 3. The molecule has 0 spiro atoms. The maximum absolute atomic E-state index is 4.45. The van der Waals surface area contributed by atoms with Gasteiger partial charge in [-0.3, -0.25) is 0 Å². The van der Waals surface area contributed by atoms with Gasteiger partial charge in [-0.2, -0.15) is 12.1 Å². The van der Waals surface area contributed by atoms with E-state index in [4.69, 9.17) is 0 Å². The summed E-state index contributed by atoms with van der Waals surface area (Å²) in [6, 6.07) is 49.2. The molecule has 0 bridgehead atoms. The molecule has 7 rings (SSSR count). The molecule has 4 heterocycles. The SMILES string of the molecule is [Ir].[Ir].[c-]1ccccc1-c1ccccn1.[c-]1ccccc1-c1nccc2ccccc12.[c-]1ccsc1-c1ccccn1. The summed E-state index contributed by atoms with van der Waals surface area (Å²) >= 11 is 1.66. The van der Waals surface area contributed by atoms with Gasteiger partial charge in [0.2, 0.25) is 0 Å². The second kappa shape index (κ2) is 17.2. The van der Waals surface area contributed by atoms with E-state index in [-0.39, 0.29) is 40.2 Å². The van der Waals surface area contributed by atoms with Crippen molar-refractivity contribution < 1.29 is 40.2 Å². The van der Waals surface area contributed by atoms with Gasteiger partial charge >= 0.3 is 0 Å². The van der Waals surface area contributed by atoms with Crippen molar-refractivity contribution >= 4 is 22.1 Å². The van der Waals surface area contributed by atoms with E-state index in [0.29, 0.717) is 0 Å². The molecule has 4 aromatic heterocycles. The van der Waals surface area contributed by atoms with Crippen LogP contribution < -0.4 is 0 Å². The van der Waals surface area contributed by atoms with E-state index >= 15 is 0 Å². The first-order valence-corrected chi connectivity index (χ1v) is 13.3. The number of rotatable bonds is 3. The van der Waals surface area contributed by atoms with E-state index in [1.807, 2.05) is 121 Å². The summed E-state index contributed by atoms with van der Waals surface area (Å²) in [5.41, 5.74) is 5.05. The quantitative estimate of drug-likeness (QED) is 0.167. The minimum atomic E-state index is 0. The summed E-state index contributed by atoms with van der Waals surface area (Å²) in [6.07, 6.45) is 5.43. The average molecular weight is 903 g/mol. The Morgan fingerprint density at radius 3 is 1.73 bits per heavy atom. The number of fused-ring (bicyclic) bond motifs is 1. The zero-order valence-corrected chi connectivity index (χ0v) is 27.4. The topological polar surface area (TPSA) is 38.7 Å². The molecule has 7 aromatic rings. The molecule has 206 valence electrons. The zero-order valence-electron chi connectivity index (χ0n) is 21.8. The van der Waals surface area contributed by atoms with Gasteiger partial charge in [0.25, 0.3) is 0 Å². The molecule has 0 fully saturated rings. The van der Waals surface area contributed by atoms with Crippen LogP contribution in [0.25, 0.3) is 43.9 Å². The molecular weight excluding hydrogens is 879 g/mol. The first kappa shape index (κ1) is 31.9. The second-order valence-electron chi connectivity index (χ2n) is 8.26. The zero-order chi connectivity index (χ0) is 26.5. The molecule has 3 nitrogen and oxygen atoms in total. The summed E-state index contributed by atoms with van der Waals surface area (Å²) in [4.78, 5) is 14.0. The number of aromatic nitrogens is 3. The molecule has 0 amide bonds. The average Bonchev–Trinajstić information content (AvgIpc) is 3.59. The van der Waals surface area contributed by atoms with Gasteiger partial charge in [-0.25, -0.2) is 11.3 Å². The number of hydrogen-bond acceptors (Lipinski definition) is 4. The Labute approximate surface area is 272 Å². The largest absolute Gasteiger partial charge is 0.319 e. The van der Waals surface area contributed by atoms with Gasteiger partial charge < -0.3 is 15.0 Å². The number of thiophene rings is 1. The Morgan fingerprint density at radius 1 is 0.488 bits per heavy atom. The van der Waals surface area contributed by atoms with E-state index in [1.165, 1.54) is 10.8 Å². The van der Waals surface area contributed by atoms with Crippen molar-refractivity contribution in [2.24, 2.45) is 0 Å². The van der Waals surface area contributed by atoms with Crippen LogP contribution >= 0.6 is 11.3 Å². The predicted molar refractivity (Wildman–Crippen MR) is 161 cm³/mol. The van der Waals surface area contributed by atoms with Crippen LogP contribution in [0.3, 0.4) is 0 Å². The number of hydrogen-bond donors (Lipinski definition) is 0. The van der Waals surface area contributed by atoms with Gasteiger partial charge in [-0.15, -0.1) is 77.2 Å². The predicted octanol–water partition coefficient (Wildman–Crippen LogP) is 8.86. The molecule has 6 heteroatoms. The van der Waals surface area contributed by atoms with Gasteiger partial charge in [0.1, 0.15) is 0 Å². The van der Waals surface area contributed by atoms with Crippen LogP contribution in [0.1, 0.15) is 0 Å². The monoisotopic (exact) mass is 904 g/mol. The van der Waals surface area contributed by atoms with Gasteiger partial charge in [-0.05, 0) is 46.1 Å². The van der Waals surface area contributed by atoms with E-state index in [9.17, 15) is 0 Å². The van der Waals surface area contributed by atoms with Crippen molar-refractivity contribution in [3.8, 4) is 33.1 Å². The third-order valence-corrected chi connectivity index (χ3v) is 6.49. The maximum atomic E-state index is 4.45. The Kier molecular flexibility index (Phi) is 13.4. The van der Waals surface area contributed by atoms with Crippen LogP contribution in [0.4, 0.5) is 0 Å². The fraction of sp³-hybridized carbons (Fsp3) is 0. The van der Waals surface area contributed by atoms with Crippen molar-refractivity contribution in [3.05, 3.63) is 163 Å². The molecule has 2 radical (unpaired) electrons. The Bertz CT molecular complexity index is 1640. The minimum Gasteiger partial charge on any atom is -0.319 e. The Hall–Kier alpha value is -3.63. The van der Waals surface area contributed by atoms with Gasteiger partial charge in [0, 0.05) is 58.8 Å². The summed E-state index contributed by atoms with van der Waals surface area (Å²) < 4.78 is 0. The number of benzene rings is 3. The molecule has 0 saturated heterocycles. The molecule has 0 N–H and O–H groups in total. The van der Waals surface area contributed by atoms with Crippen LogP contribution in [-0.2, 0) is 40.2 Å². The number of nitrogens with zero attached hydrogens (tertiary/aromatic N) is 3. The summed E-state index contributed by atoms with van der Waals surface area (Å²) in [6.45, 7) is 0. The Balaban J connectivity index is 0.000000169. The molecule has 0 unspecified atom stereocenters. The van der Waals surface area contributed by atoms with Crippen LogP contribution in [0.15, 0.2) is 145 Å². The maximum Gasteiger partial charge on any atom is 0.0167 e. The van der Waals surface area contributed by atoms with Crippen molar-refractivity contribution in [2.75, 3.05) is 0 Å². The van der Waals surface area contributed by atoms with Crippen LogP contribution in [0.5, 0.6) is 0 Å². The van der Waals surface area contributed by atoms with E-state index < -0.39 is 0 Å². The second-order valence-corrected chi connectivity index (χ2v) is 9.17. The minimum absolute atomic E-state index is 0. The third kappa shape index (κ3) is 9.19. The molecule has 41 heavy (non-hydrogen) atoms. The molecule has 0 atom stereocenters. The molecule has 0 saturated carbocycles. The fourth-order valence-electron chi connectivity index (χ4n) is 3.83. The van der Waals surface area contributed by atoms with Crippen LogP contribution in [0, 0.1) is 18.2 Å². The van der Waals surface area contributed by atoms with Crippen molar-refractivity contribution in [1.82, 2.24) is 15.0 Å². The third-order valence-electron chi connectivity index (χ3n) is 5.65. The van der Waals surface area contributed by atoms with E-state index in [2.05, 4.69) is 45.3 Å². The fourth-order valence-corrected chi connectivity index (χ4v) is 4.48. The van der Waals surface area contributed by atoms with Gasteiger partial charge in [-0.1, -0.05) is 53.4 Å². The summed E-state index contributed by atoms with van der Waals surface area (Å²) in [5, 5.41) is 4.39. The van der Waals surface area contributed by atoms with Crippen molar-refractivity contribution in [2.45, 2.75) is 0 Å².